The van der Waals surface area contributed by atoms with E-state index in [1.54, 1.807) is 0 Å². The lowest BCUT2D eigenvalue weighted by molar-refractivity contribution is 0.0397. The average Bonchev–Trinajstić information content (AvgIpc) is 2.38. The van der Waals surface area contributed by atoms with Crippen LogP contribution in [0, 0.1) is 11.8 Å². The highest BCUT2D eigenvalue weighted by molar-refractivity contribution is 4.86. The maximum atomic E-state index is 3.57. The van der Waals surface area contributed by atoms with Crippen LogP contribution in [-0.4, -0.2) is 85.7 Å². The summed E-state index contributed by atoms with van der Waals surface area (Å²) >= 11 is 0. The first kappa shape index (κ1) is 19.2. The van der Waals surface area contributed by atoms with Crippen LogP contribution < -0.4 is 5.32 Å². The molecule has 2 fully saturated rings. The molecule has 2 aliphatic heterocycles. The van der Waals surface area contributed by atoms with Gasteiger partial charge in [-0.2, -0.15) is 0 Å². The molecule has 1 atom stereocenters. The minimum absolute atomic E-state index is 0.617. The second-order valence-electron chi connectivity index (χ2n) is 8.70. The standard InChI is InChI=1S/C19H40N4/c1-15(2)20-9-18-12-23(13-18)17(5)7-8-22(16(3)4)14-19-10-21(6)11-19/h15-20H,7-14H2,1-6H3. The van der Waals surface area contributed by atoms with Crippen molar-refractivity contribution in [2.24, 2.45) is 11.8 Å². The zero-order chi connectivity index (χ0) is 17.0. The van der Waals surface area contributed by atoms with Crippen LogP contribution >= 0.6 is 0 Å². The minimum atomic E-state index is 0.617. The Balaban J connectivity index is 1.61. The summed E-state index contributed by atoms with van der Waals surface area (Å²) in [5.74, 6) is 1.76. The molecule has 2 aliphatic rings. The van der Waals surface area contributed by atoms with E-state index in [9.17, 15) is 0 Å². The highest BCUT2D eigenvalue weighted by Crippen LogP contribution is 2.21. The highest BCUT2D eigenvalue weighted by atomic mass is 15.2. The van der Waals surface area contributed by atoms with Crippen molar-refractivity contribution in [2.75, 3.05) is 52.9 Å². The molecule has 136 valence electrons. The Morgan fingerprint density at radius 1 is 1.00 bits per heavy atom. The molecule has 0 aromatic heterocycles. The Bertz CT molecular complexity index is 332. The van der Waals surface area contributed by atoms with Crippen molar-refractivity contribution in [3.63, 3.8) is 0 Å². The molecule has 0 spiro atoms. The second-order valence-corrected chi connectivity index (χ2v) is 8.70. The van der Waals surface area contributed by atoms with Gasteiger partial charge < -0.3 is 15.1 Å². The van der Waals surface area contributed by atoms with E-state index in [4.69, 9.17) is 0 Å². The number of hydrogen-bond donors (Lipinski definition) is 1. The fourth-order valence-electron chi connectivity index (χ4n) is 3.87. The average molecular weight is 325 g/mol. The fraction of sp³-hybridized carbons (Fsp3) is 1.00. The van der Waals surface area contributed by atoms with E-state index >= 15 is 0 Å². The molecule has 2 heterocycles. The van der Waals surface area contributed by atoms with Crippen molar-refractivity contribution < 1.29 is 0 Å². The molecule has 0 radical (unpaired) electrons. The highest BCUT2D eigenvalue weighted by Gasteiger charge is 2.31. The van der Waals surface area contributed by atoms with Gasteiger partial charge in [0.2, 0.25) is 0 Å². The van der Waals surface area contributed by atoms with Crippen LogP contribution in [0.1, 0.15) is 41.0 Å². The van der Waals surface area contributed by atoms with Crippen LogP contribution in [0.15, 0.2) is 0 Å². The molecule has 1 unspecified atom stereocenters. The summed E-state index contributed by atoms with van der Waals surface area (Å²) in [6.07, 6.45) is 1.31. The Labute approximate surface area is 144 Å². The molecule has 0 bridgehead atoms. The zero-order valence-electron chi connectivity index (χ0n) is 16.4. The van der Waals surface area contributed by atoms with E-state index in [0.717, 1.165) is 17.9 Å². The molecule has 4 nitrogen and oxygen atoms in total. The van der Waals surface area contributed by atoms with Crippen molar-refractivity contribution in [3.05, 3.63) is 0 Å². The third kappa shape index (κ3) is 6.00. The third-order valence-corrected chi connectivity index (χ3v) is 5.62. The molecule has 0 saturated carbocycles. The van der Waals surface area contributed by atoms with Crippen molar-refractivity contribution in [2.45, 2.75) is 59.2 Å². The Morgan fingerprint density at radius 3 is 2.17 bits per heavy atom. The molecule has 23 heavy (non-hydrogen) atoms. The zero-order valence-corrected chi connectivity index (χ0v) is 16.4. The molecule has 0 aromatic carbocycles. The molecule has 0 amide bonds. The largest absolute Gasteiger partial charge is 0.314 e. The van der Waals surface area contributed by atoms with E-state index in [0.29, 0.717) is 12.1 Å². The summed E-state index contributed by atoms with van der Waals surface area (Å²) < 4.78 is 0. The predicted molar refractivity (Wildman–Crippen MR) is 100.0 cm³/mol. The summed E-state index contributed by atoms with van der Waals surface area (Å²) in [5.41, 5.74) is 0. The van der Waals surface area contributed by atoms with Gasteiger partial charge in [0.05, 0.1) is 0 Å². The van der Waals surface area contributed by atoms with Gasteiger partial charge in [0.15, 0.2) is 0 Å². The van der Waals surface area contributed by atoms with E-state index in [1.165, 1.54) is 52.2 Å². The maximum absolute atomic E-state index is 3.57. The number of hydrogen-bond acceptors (Lipinski definition) is 4. The van der Waals surface area contributed by atoms with E-state index in [-0.39, 0.29) is 0 Å². The molecule has 0 aliphatic carbocycles. The third-order valence-electron chi connectivity index (χ3n) is 5.62. The summed E-state index contributed by atoms with van der Waals surface area (Å²) in [5, 5.41) is 3.57. The topological polar surface area (TPSA) is 21.8 Å². The van der Waals surface area contributed by atoms with E-state index < -0.39 is 0 Å². The van der Waals surface area contributed by atoms with Crippen LogP contribution in [0.2, 0.25) is 0 Å². The van der Waals surface area contributed by atoms with Gasteiger partial charge in [-0.15, -0.1) is 0 Å². The smallest absolute Gasteiger partial charge is 0.00793 e. The van der Waals surface area contributed by atoms with Crippen LogP contribution in [0.3, 0.4) is 0 Å². The van der Waals surface area contributed by atoms with Crippen molar-refractivity contribution in [1.29, 1.82) is 0 Å². The molecule has 4 heteroatoms. The normalized spacial score (nSPS) is 22.8. The lowest BCUT2D eigenvalue weighted by Crippen LogP contribution is -2.55. The maximum Gasteiger partial charge on any atom is 0.00793 e. The molecule has 1 N–H and O–H groups in total. The number of likely N-dealkylation sites (tertiary alicyclic amines) is 2. The summed E-state index contributed by atoms with van der Waals surface area (Å²) in [6.45, 7) is 20.5. The van der Waals surface area contributed by atoms with Gasteiger partial charge in [-0.25, -0.2) is 0 Å². The SMILES string of the molecule is CC(C)NCC1CN(C(C)CCN(CC2CN(C)C2)C(C)C)C1. The molecular weight excluding hydrogens is 284 g/mol. The first-order valence-electron chi connectivity index (χ1n) is 9.75. The van der Waals surface area contributed by atoms with Gasteiger partial charge in [-0.05, 0) is 52.6 Å². The first-order chi connectivity index (χ1) is 10.8. The number of rotatable bonds is 10. The van der Waals surface area contributed by atoms with Gasteiger partial charge in [0.1, 0.15) is 0 Å². The van der Waals surface area contributed by atoms with Crippen LogP contribution in [0.5, 0.6) is 0 Å². The Hall–Kier alpha value is -0.160. The van der Waals surface area contributed by atoms with Gasteiger partial charge in [-0.3, -0.25) is 4.90 Å². The summed E-state index contributed by atoms with van der Waals surface area (Å²) in [6, 6.07) is 2.02. The van der Waals surface area contributed by atoms with E-state index in [2.05, 4.69) is 61.7 Å². The van der Waals surface area contributed by atoms with Gasteiger partial charge in [-0.1, -0.05) is 13.8 Å². The first-order valence-corrected chi connectivity index (χ1v) is 9.75. The lowest BCUT2D eigenvalue weighted by Gasteiger charge is -2.45. The van der Waals surface area contributed by atoms with Crippen molar-refractivity contribution in [3.8, 4) is 0 Å². The minimum Gasteiger partial charge on any atom is -0.314 e. The summed E-state index contributed by atoms with van der Waals surface area (Å²) in [4.78, 5) is 7.80. The van der Waals surface area contributed by atoms with Gasteiger partial charge >= 0.3 is 0 Å². The van der Waals surface area contributed by atoms with E-state index in [1.807, 2.05) is 0 Å². The monoisotopic (exact) mass is 324 g/mol. The molecule has 0 aromatic rings. The quantitative estimate of drug-likeness (QED) is 0.663. The fourth-order valence-corrected chi connectivity index (χ4v) is 3.87. The van der Waals surface area contributed by atoms with Crippen molar-refractivity contribution in [1.82, 2.24) is 20.0 Å². The predicted octanol–water partition coefficient (Wildman–Crippen LogP) is 1.97. The Kier molecular flexibility index (Phi) is 7.33. The van der Waals surface area contributed by atoms with Crippen LogP contribution in [0.4, 0.5) is 0 Å². The molecule has 2 saturated heterocycles. The number of nitrogens with one attached hydrogen (secondary N) is 1. The van der Waals surface area contributed by atoms with Crippen LogP contribution in [-0.2, 0) is 0 Å². The lowest BCUT2D eigenvalue weighted by atomic mass is 9.96. The van der Waals surface area contributed by atoms with Gasteiger partial charge in [0, 0.05) is 57.4 Å². The Morgan fingerprint density at radius 2 is 1.65 bits per heavy atom. The molecular formula is C19H40N4. The second kappa shape index (κ2) is 8.80. The number of nitrogens with zero attached hydrogens (tertiary/aromatic N) is 3. The molecule has 2 rings (SSSR count). The van der Waals surface area contributed by atoms with Gasteiger partial charge in [0.25, 0.3) is 0 Å². The van der Waals surface area contributed by atoms with Crippen molar-refractivity contribution >= 4 is 0 Å². The van der Waals surface area contributed by atoms with Crippen LogP contribution in [0.25, 0.3) is 0 Å². The summed E-state index contributed by atoms with van der Waals surface area (Å²) in [7, 11) is 2.23.